The molecule has 1 aromatic heterocycles. The molecule has 2 rings (SSSR count). The highest BCUT2D eigenvalue weighted by Gasteiger charge is 2.36. The van der Waals surface area contributed by atoms with E-state index in [-0.39, 0.29) is 5.60 Å². The second kappa shape index (κ2) is 5.27. The fraction of sp³-hybridized carbons (Fsp3) is 0.667. The standard InChI is InChI=1S/C15H25N3O/c1-5-6-10-9-12(10)17-13-8-7-11(16)14(18-13)19-15(2,3)4/h7-8,10,12H,5-6,9,16H2,1-4H3,(H,17,18). The zero-order valence-electron chi connectivity index (χ0n) is 12.4. The molecule has 0 spiro atoms. The molecule has 0 saturated heterocycles. The molecule has 3 N–H and O–H groups in total. The van der Waals surface area contributed by atoms with E-state index in [1.165, 1.54) is 19.3 Å². The maximum atomic E-state index is 5.90. The van der Waals surface area contributed by atoms with Crippen molar-refractivity contribution < 1.29 is 4.74 Å². The van der Waals surface area contributed by atoms with Crippen LogP contribution in [0.4, 0.5) is 11.5 Å². The van der Waals surface area contributed by atoms with Gasteiger partial charge in [-0.1, -0.05) is 13.3 Å². The molecule has 1 aliphatic carbocycles. The molecule has 0 bridgehead atoms. The van der Waals surface area contributed by atoms with E-state index in [2.05, 4.69) is 17.2 Å². The number of nitrogen functional groups attached to an aromatic ring is 1. The molecule has 0 amide bonds. The van der Waals surface area contributed by atoms with E-state index in [4.69, 9.17) is 10.5 Å². The largest absolute Gasteiger partial charge is 0.470 e. The van der Waals surface area contributed by atoms with Gasteiger partial charge in [0.25, 0.3) is 0 Å². The van der Waals surface area contributed by atoms with E-state index < -0.39 is 0 Å². The SMILES string of the molecule is CCCC1CC1Nc1ccc(N)c(OC(C)(C)C)n1. The molecule has 1 aliphatic rings. The summed E-state index contributed by atoms with van der Waals surface area (Å²) in [5.41, 5.74) is 6.20. The number of hydrogen-bond donors (Lipinski definition) is 2. The molecule has 1 aromatic rings. The summed E-state index contributed by atoms with van der Waals surface area (Å²) >= 11 is 0. The topological polar surface area (TPSA) is 60.2 Å². The average Bonchev–Trinajstić information content (AvgIpc) is 3.00. The van der Waals surface area contributed by atoms with Gasteiger partial charge >= 0.3 is 0 Å². The van der Waals surface area contributed by atoms with E-state index in [0.29, 0.717) is 17.6 Å². The molecule has 106 valence electrons. The highest BCUT2D eigenvalue weighted by molar-refractivity contribution is 5.54. The van der Waals surface area contributed by atoms with Gasteiger partial charge in [-0.15, -0.1) is 0 Å². The van der Waals surface area contributed by atoms with Gasteiger partial charge in [-0.3, -0.25) is 0 Å². The van der Waals surface area contributed by atoms with Gasteiger partial charge in [0.1, 0.15) is 11.4 Å². The molecular formula is C15H25N3O. The van der Waals surface area contributed by atoms with Crippen LogP contribution in [0, 0.1) is 5.92 Å². The highest BCUT2D eigenvalue weighted by atomic mass is 16.5. The van der Waals surface area contributed by atoms with Crippen molar-refractivity contribution >= 4 is 11.5 Å². The van der Waals surface area contributed by atoms with E-state index >= 15 is 0 Å². The van der Waals surface area contributed by atoms with Gasteiger partial charge in [0.05, 0.1) is 5.69 Å². The van der Waals surface area contributed by atoms with Gasteiger partial charge in [0, 0.05) is 6.04 Å². The highest BCUT2D eigenvalue weighted by Crippen LogP contribution is 2.37. The van der Waals surface area contributed by atoms with Crippen molar-refractivity contribution in [3.63, 3.8) is 0 Å². The van der Waals surface area contributed by atoms with Crippen LogP contribution in [0.15, 0.2) is 12.1 Å². The Hall–Kier alpha value is -1.45. The summed E-state index contributed by atoms with van der Waals surface area (Å²) < 4.78 is 5.77. The Balaban J connectivity index is 2.01. The second-order valence-electron chi connectivity index (χ2n) is 6.34. The van der Waals surface area contributed by atoms with Crippen molar-refractivity contribution in [3.05, 3.63) is 12.1 Å². The third kappa shape index (κ3) is 4.01. The monoisotopic (exact) mass is 263 g/mol. The van der Waals surface area contributed by atoms with E-state index in [9.17, 15) is 0 Å². The molecule has 4 heteroatoms. The van der Waals surface area contributed by atoms with Crippen LogP contribution in [0.25, 0.3) is 0 Å². The molecule has 19 heavy (non-hydrogen) atoms. The van der Waals surface area contributed by atoms with Crippen molar-refractivity contribution in [2.45, 2.75) is 58.6 Å². The van der Waals surface area contributed by atoms with Gasteiger partial charge in [-0.05, 0) is 51.7 Å². The Bertz CT molecular complexity index is 440. The lowest BCUT2D eigenvalue weighted by atomic mass is 10.2. The summed E-state index contributed by atoms with van der Waals surface area (Å²) in [5.74, 6) is 2.18. The normalized spacial score (nSPS) is 22.1. The second-order valence-corrected chi connectivity index (χ2v) is 6.34. The third-order valence-electron chi connectivity index (χ3n) is 3.21. The lowest BCUT2D eigenvalue weighted by molar-refractivity contribution is 0.125. The summed E-state index contributed by atoms with van der Waals surface area (Å²) in [7, 11) is 0. The van der Waals surface area contributed by atoms with Crippen molar-refractivity contribution in [2.75, 3.05) is 11.1 Å². The Morgan fingerprint density at radius 1 is 1.42 bits per heavy atom. The first kappa shape index (κ1) is 14.0. The minimum Gasteiger partial charge on any atom is -0.470 e. The lowest BCUT2D eigenvalue weighted by Crippen LogP contribution is -2.24. The van der Waals surface area contributed by atoms with Gasteiger partial charge in [-0.2, -0.15) is 4.98 Å². The number of aromatic nitrogens is 1. The molecule has 0 aromatic carbocycles. The number of hydrogen-bond acceptors (Lipinski definition) is 4. The molecule has 2 unspecified atom stereocenters. The Morgan fingerprint density at radius 2 is 2.16 bits per heavy atom. The maximum Gasteiger partial charge on any atom is 0.239 e. The summed E-state index contributed by atoms with van der Waals surface area (Å²) in [4.78, 5) is 4.47. The number of nitrogens with zero attached hydrogens (tertiary/aromatic N) is 1. The average molecular weight is 263 g/mol. The van der Waals surface area contributed by atoms with Crippen LogP contribution in [0.5, 0.6) is 5.88 Å². The smallest absolute Gasteiger partial charge is 0.239 e. The predicted molar refractivity (Wildman–Crippen MR) is 79.5 cm³/mol. The van der Waals surface area contributed by atoms with Crippen LogP contribution >= 0.6 is 0 Å². The van der Waals surface area contributed by atoms with Crippen molar-refractivity contribution in [1.29, 1.82) is 0 Å². The number of rotatable bonds is 5. The summed E-state index contributed by atoms with van der Waals surface area (Å²) in [6, 6.07) is 4.35. The zero-order valence-corrected chi connectivity index (χ0v) is 12.4. The van der Waals surface area contributed by atoms with Crippen molar-refractivity contribution in [2.24, 2.45) is 5.92 Å². The van der Waals surface area contributed by atoms with Crippen LogP contribution in [0.3, 0.4) is 0 Å². The Kier molecular flexibility index (Phi) is 3.88. The minimum absolute atomic E-state index is 0.288. The third-order valence-corrected chi connectivity index (χ3v) is 3.21. The fourth-order valence-electron chi connectivity index (χ4n) is 2.21. The number of anilines is 2. The molecule has 0 radical (unpaired) electrons. The van der Waals surface area contributed by atoms with E-state index in [1.54, 1.807) is 0 Å². The molecule has 1 saturated carbocycles. The number of ether oxygens (including phenoxy) is 1. The quantitative estimate of drug-likeness (QED) is 0.854. The lowest BCUT2D eigenvalue weighted by Gasteiger charge is -2.21. The van der Waals surface area contributed by atoms with Crippen LogP contribution in [0.2, 0.25) is 0 Å². The predicted octanol–water partition coefficient (Wildman–Crippen LogP) is 3.44. The first-order valence-corrected chi connectivity index (χ1v) is 7.11. The first-order chi connectivity index (χ1) is 8.89. The summed E-state index contributed by atoms with van der Waals surface area (Å²) in [5, 5.41) is 3.46. The zero-order chi connectivity index (χ0) is 14.0. The van der Waals surface area contributed by atoms with Crippen LogP contribution in [-0.4, -0.2) is 16.6 Å². The van der Waals surface area contributed by atoms with E-state index in [1.807, 2.05) is 32.9 Å². The van der Waals surface area contributed by atoms with Crippen LogP contribution < -0.4 is 15.8 Å². The van der Waals surface area contributed by atoms with Gasteiger partial charge in [0.2, 0.25) is 5.88 Å². The molecule has 0 aliphatic heterocycles. The number of nitrogens with two attached hydrogens (primary N) is 1. The number of pyridine rings is 1. The first-order valence-electron chi connectivity index (χ1n) is 7.11. The van der Waals surface area contributed by atoms with Crippen LogP contribution in [0.1, 0.15) is 47.0 Å². The Morgan fingerprint density at radius 3 is 2.79 bits per heavy atom. The summed E-state index contributed by atoms with van der Waals surface area (Å²) in [6.45, 7) is 8.21. The molecule has 4 nitrogen and oxygen atoms in total. The van der Waals surface area contributed by atoms with Crippen molar-refractivity contribution in [1.82, 2.24) is 4.98 Å². The van der Waals surface area contributed by atoms with Gasteiger partial charge < -0.3 is 15.8 Å². The molecule has 1 fully saturated rings. The van der Waals surface area contributed by atoms with Crippen LogP contribution in [-0.2, 0) is 0 Å². The van der Waals surface area contributed by atoms with Crippen molar-refractivity contribution in [3.8, 4) is 5.88 Å². The fourth-order valence-corrected chi connectivity index (χ4v) is 2.21. The van der Waals surface area contributed by atoms with Gasteiger partial charge in [0.15, 0.2) is 0 Å². The molecular weight excluding hydrogens is 238 g/mol. The minimum atomic E-state index is -0.288. The number of nitrogens with one attached hydrogen (secondary N) is 1. The summed E-state index contributed by atoms with van der Waals surface area (Å²) in [6.07, 6.45) is 3.78. The molecule has 2 atom stereocenters. The maximum absolute atomic E-state index is 5.90. The molecule has 1 heterocycles. The van der Waals surface area contributed by atoms with E-state index in [0.717, 1.165) is 11.7 Å². The Labute approximate surface area is 115 Å². The van der Waals surface area contributed by atoms with Gasteiger partial charge in [-0.25, -0.2) is 0 Å².